The number of carbonyl (C=O) groups excluding carboxylic acids is 1. The van der Waals surface area contributed by atoms with Gasteiger partial charge in [-0.2, -0.15) is 0 Å². The van der Waals surface area contributed by atoms with Crippen LogP contribution in [-0.2, 0) is 17.8 Å². The Labute approximate surface area is 153 Å². The van der Waals surface area contributed by atoms with Crippen LogP contribution < -0.4 is 10.1 Å². The van der Waals surface area contributed by atoms with Crippen molar-refractivity contribution >= 4 is 5.91 Å². The van der Waals surface area contributed by atoms with Gasteiger partial charge in [-0.15, -0.1) is 0 Å². The number of hydrogen-bond donors (Lipinski definition) is 1. The number of benzene rings is 2. The molecule has 1 heterocycles. The lowest BCUT2D eigenvalue weighted by Crippen LogP contribution is -2.24. The molecule has 1 amide bonds. The van der Waals surface area contributed by atoms with Gasteiger partial charge in [-0.3, -0.25) is 4.79 Å². The van der Waals surface area contributed by atoms with Gasteiger partial charge in [0.25, 0.3) is 0 Å². The number of nitrogens with one attached hydrogen (secondary N) is 1. The normalized spacial score (nSPS) is 10.6. The highest BCUT2D eigenvalue weighted by molar-refractivity contribution is 5.78. The van der Waals surface area contributed by atoms with Crippen molar-refractivity contribution in [2.45, 2.75) is 26.8 Å². The van der Waals surface area contributed by atoms with Crippen LogP contribution in [0.2, 0.25) is 0 Å². The quantitative estimate of drug-likeness (QED) is 0.734. The van der Waals surface area contributed by atoms with Crippen molar-refractivity contribution in [3.63, 3.8) is 0 Å². The van der Waals surface area contributed by atoms with Crippen molar-refractivity contribution in [1.29, 1.82) is 0 Å². The maximum absolute atomic E-state index is 12.2. The molecule has 0 bridgehead atoms. The molecule has 0 aliphatic rings. The molecule has 5 heteroatoms. The first kappa shape index (κ1) is 17.7. The number of aryl methyl sites for hydroxylation is 2. The lowest BCUT2D eigenvalue weighted by atomic mass is 10.1. The number of methoxy groups -OCH3 is 1. The third-order valence-electron chi connectivity index (χ3n) is 4.13. The highest BCUT2D eigenvalue weighted by Crippen LogP contribution is 2.22. The second-order valence-corrected chi connectivity index (χ2v) is 6.19. The van der Waals surface area contributed by atoms with Crippen LogP contribution in [0.4, 0.5) is 0 Å². The highest BCUT2D eigenvalue weighted by atomic mass is 16.5. The first-order chi connectivity index (χ1) is 12.5. The molecule has 3 rings (SSSR count). The molecule has 0 aliphatic heterocycles. The van der Waals surface area contributed by atoms with E-state index < -0.39 is 0 Å². The van der Waals surface area contributed by atoms with Crippen molar-refractivity contribution in [2.75, 3.05) is 7.11 Å². The minimum absolute atomic E-state index is 0.0898. The van der Waals surface area contributed by atoms with Crippen LogP contribution >= 0.6 is 0 Å². The number of aromatic nitrogens is 1. The molecule has 0 atom stereocenters. The van der Waals surface area contributed by atoms with Crippen LogP contribution in [0.5, 0.6) is 5.75 Å². The van der Waals surface area contributed by atoms with Crippen LogP contribution in [0, 0.1) is 13.8 Å². The summed E-state index contributed by atoms with van der Waals surface area (Å²) in [4.78, 5) is 16.7. The second kappa shape index (κ2) is 7.87. The molecule has 1 N–H and O–H groups in total. The molecule has 0 aliphatic carbocycles. The fraction of sp³-hybridized carbons (Fsp3) is 0.238. The molecule has 1 aromatic heterocycles. The zero-order valence-electron chi connectivity index (χ0n) is 15.2. The molecule has 0 spiro atoms. The Morgan fingerprint density at radius 2 is 1.92 bits per heavy atom. The first-order valence-corrected chi connectivity index (χ1v) is 8.48. The van der Waals surface area contributed by atoms with Gasteiger partial charge < -0.3 is 14.5 Å². The summed E-state index contributed by atoms with van der Waals surface area (Å²) >= 11 is 0. The van der Waals surface area contributed by atoms with E-state index in [1.165, 1.54) is 0 Å². The van der Waals surface area contributed by atoms with Crippen molar-refractivity contribution in [3.05, 3.63) is 71.1 Å². The van der Waals surface area contributed by atoms with E-state index in [0.29, 0.717) is 23.9 Å². The maximum Gasteiger partial charge on any atom is 0.226 e. The average Bonchev–Trinajstić information content (AvgIpc) is 3.01. The largest absolute Gasteiger partial charge is 0.497 e. The lowest BCUT2D eigenvalue weighted by Gasteiger charge is -2.05. The Balaban J connectivity index is 1.62. The molecular weight excluding hydrogens is 328 g/mol. The molecule has 0 fully saturated rings. The molecule has 26 heavy (non-hydrogen) atoms. The summed E-state index contributed by atoms with van der Waals surface area (Å²) in [5.41, 5.74) is 3.72. The Hall–Kier alpha value is -3.08. The summed E-state index contributed by atoms with van der Waals surface area (Å²) in [6.45, 7) is 4.32. The molecule has 0 saturated carbocycles. The smallest absolute Gasteiger partial charge is 0.226 e. The van der Waals surface area contributed by atoms with Gasteiger partial charge in [0.2, 0.25) is 11.8 Å². The molecule has 3 aromatic rings. The number of rotatable bonds is 6. The van der Waals surface area contributed by atoms with Gasteiger partial charge in [-0.05, 0) is 43.7 Å². The van der Waals surface area contributed by atoms with Crippen molar-refractivity contribution < 1.29 is 13.9 Å². The Morgan fingerprint density at radius 3 is 2.62 bits per heavy atom. The summed E-state index contributed by atoms with van der Waals surface area (Å²) < 4.78 is 10.9. The fourth-order valence-electron chi connectivity index (χ4n) is 2.65. The molecule has 134 valence electrons. The summed E-state index contributed by atoms with van der Waals surface area (Å²) in [6.07, 6.45) is 0.192. The molecule has 0 saturated heterocycles. The number of ether oxygens (including phenoxy) is 1. The third-order valence-corrected chi connectivity index (χ3v) is 4.13. The van der Waals surface area contributed by atoms with Crippen LogP contribution in [0.15, 0.2) is 52.9 Å². The van der Waals surface area contributed by atoms with Gasteiger partial charge in [0, 0.05) is 12.1 Å². The van der Waals surface area contributed by atoms with Crippen LogP contribution in [-0.4, -0.2) is 18.0 Å². The number of hydrogen-bond acceptors (Lipinski definition) is 4. The summed E-state index contributed by atoms with van der Waals surface area (Å²) in [7, 11) is 1.63. The van der Waals surface area contributed by atoms with Crippen LogP contribution in [0.25, 0.3) is 11.5 Å². The van der Waals surface area contributed by atoms with E-state index in [0.717, 1.165) is 22.4 Å². The van der Waals surface area contributed by atoms with E-state index in [1.54, 1.807) is 7.11 Å². The van der Waals surface area contributed by atoms with E-state index in [9.17, 15) is 4.79 Å². The van der Waals surface area contributed by atoms with Crippen molar-refractivity contribution in [3.8, 4) is 17.2 Å². The average molecular weight is 350 g/mol. The summed E-state index contributed by atoms with van der Waals surface area (Å²) in [5, 5.41) is 2.91. The highest BCUT2D eigenvalue weighted by Gasteiger charge is 2.14. The lowest BCUT2D eigenvalue weighted by molar-refractivity contribution is -0.120. The van der Waals surface area contributed by atoms with Gasteiger partial charge in [0.15, 0.2) is 0 Å². The predicted molar refractivity (Wildman–Crippen MR) is 100.0 cm³/mol. The van der Waals surface area contributed by atoms with Crippen molar-refractivity contribution in [2.24, 2.45) is 0 Å². The van der Waals surface area contributed by atoms with E-state index in [1.807, 2.05) is 62.4 Å². The van der Waals surface area contributed by atoms with Gasteiger partial charge in [0.1, 0.15) is 11.5 Å². The third kappa shape index (κ3) is 4.30. The monoisotopic (exact) mass is 350 g/mol. The van der Waals surface area contributed by atoms with Crippen LogP contribution in [0.1, 0.15) is 22.6 Å². The Morgan fingerprint density at radius 1 is 1.15 bits per heavy atom. The molecule has 0 radical (unpaired) electrons. The predicted octanol–water partition coefficient (Wildman–Crippen LogP) is 3.83. The minimum Gasteiger partial charge on any atom is -0.497 e. The SMILES string of the molecule is COc1ccc(CNC(=O)Cc2nc(-c3cccc(C)c3)oc2C)cc1. The Kier molecular flexibility index (Phi) is 5.37. The number of oxazole rings is 1. The number of amides is 1. The Bertz CT molecular complexity index is 898. The van der Waals surface area contributed by atoms with Gasteiger partial charge in [0.05, 0.1) is 19.2 Å². The standard InChI is InChI=1S/C21H22N2O3/c1-14-5-4-6-17(11-14)21-23-19(15(2)26-21)12-20(24)22-13-16-7-9-18(25-3)10-8-16/h4-11H,12-13H2,1-3H3,(H,22,24). The zero-order chi connectivity index (χ0) is 18.5. The molecule has 5 nitrogen and oxygen atoms in total. The molecule has 2 aromatic carbocycles. The van der Waals surface area contributed by atoms with Crippen LogP contribution in [0.3, 0.4) is 0 Å². The van der Waals surface area contributed by atoms with E-state index in [-0.39, 0.29) is 12.3 Å². The minimum atomic E-state index is -0.0898. The summed E-state index contributed by atoms with van der Waals surface area (Å²) in [5.74, 6) is 1.92. The molecular formula is C21H22N2O3. The van der Waals surface area contributed by atoms with Gasteiger partial charge in [-0.1, -0.05) is 29.8 Å². The summed E-state index contributed by atoms with van der Waals surface area (Å²) in [6, 6.07) is 15.5. The number of nitrogens with zero attached hydrogens (tertiary/aromatic N) is 1. The van der Waals surface area contributed by atoms with Gasteiger partial charge in [-0.25, -0.2) is 4.98 Å². The first-order valence-electron chi connectivity index (χ1n) is 8.48. The van der Waals surface area contributed by atoms with Gasteiger partial charge >= 0.3 is 0 Å². The van der Waals surface area contributed by atoms with E-state index >= 15 is 0 Å². The number of carbonyl (C=O) groups is 1. The zero-order valence-corrected chi connectivity index (χ0v) is 15.2. The fourth-order valence-corrected chi connectivity index (χ4v) is 2.65. The van der Waals surface area contributed by atoms with Crippen molar-refractivity contribution in [1.82, 2.24) is 10.3 Å². The maximum atomic E-state index is 12.2. The second-order valence-electron chi connectivity index (χ2n) is 6.19. The van der Waals surface area contributed by atoms with E-state index in [2.05, 4.69) is 10.3 Å². The topological polar surface area (TPSA) is 64.4 Å². The molecule has 0 unspecified atom stereocenters. The van der Waals surface area contributed by atoms with E-state index in [4.69, 9.17) is 9.15 Å².